The Morgan fingerprint density at radius 2 is 2.27 bits per heavy atom. The van der Waals surface area contributed by atoms with Crippen molar-refractivity contribution in [3.8, 4) is 0 Å². The molecule has 0 saturated heterocycles. The first kappa shape index (κ1) is 7.84. The van der Waals surface area contributed by atoms with Gasteiger partial charge in [0.25, 0.3) is 0 Å². The van der Waals surface area contributed by atoms with Gasteiger partial charge in [-0.05, 0) is 16.8 Å². The van der Waals surface area contributed by atoms with Crippen molar-refractivity contribution in [1.82, 2.24) is 20.6 Å². The SMILES string of the molecule is CCCN(C)c1cnnnn1. The summed E-state index contributed by atoms with van der Waals surface area (Å²) in [5, 5.41) is 14.2. The summed E-state index contributed by atoms with van der Waals surface area (Å²) in [6.07, 6.45) is 2.68. The quantitative estimate of drug-likeness (QED) is 0.617. The molecule has 0 N–H and O–H groups in total. The Morgan fingerprint density at radius 1 is 1.45 bits per heavy atom. The molecule has 5 heteroatoms. The Hall–Kier alpha value is -1.26. The van der Waals surface area contributed by atoms with E-state index in [-0.39, 0.29) is 0 Å². The van der Waals surface area contributed by atoms with E-state index in [1.807, 2.05) is 11.9 Å². The van der Waals surface area contributed by atoms with Crippen LogP contribution in [0.5, 0.6) is 0 Å². The van der Waals surface area contributed by atoms with Crippen LogP contribution in [0.25, 0.3) is 0 Å². The van der Waals surface area contributed by atoms with Gasteiger partial charge < -0.3 is 4.90 Å². The van der Waals surface area contributed by atoms with Gasteiger partial charge in [0.15, 0.2) is 5.82 Å². The molecule has 0 fully saturated rings. The molecule has 1 rings (SSSR count). The lowest BCUT2D eigenvalue weighted by atomic mass is 10.4. The van der Waals surface area contributed by atoms with Gasteiger partial charge in [-0.3, -0.25) is 0 Å². The minimum absolute atomic E-state index is 0.766. The summed E-state index contributed by atoms with van der Waals surface area (Å²) in [6.45, 7) is 3.07. The number of rotatable bonds is 3. The number of aromatic nitrogens is 4. The summed E-state index contributed by atoms with van der Waals surface area (Å²) in [5.41, 5.74) is 0. The van der Waals surface area contributed by atoms with E-state index in [4.69, 9.17) is 0 Å². The molecular weight excluding hydrogens is 142 g/mol. The lowest BCUT2D eigenvalue weighted by Gasteiger charge is -2.14. The molecule has 0 aliphatic heterocycles. The highest BCUT2D eigenvalue weighted by molar-refractivity contribution is 5.31. The van der Waals surface area contributed by atoms with E-state index in [9.17, 15) is 0 Å². The van der Waals surface area contributed by atoms with Crippen LogP contribution < -0.4 is 4.90 Å². The summed E-state index contributed by atoms with van der Waals surface area (Å²) in [4.78, 5) is 1.99. The molecule has 60 valence electrons. The van der Waals surface area contributed by atoms with Crippen molar-refractivity contribution >= 4 is 5.82 Å². The monoisotopic (exact) mass is 153 g/mol. The molecule has 0 aliphatic rings. The maximum Gasteiger partial charge on any atom is 0.173 e. The van der Waals surface area contributed by atoms with Crippen molar-refractivity contribution < 1.29 is 0 Å². The Balaban J connectivity index is 2.61. The second kappa shape index (κ2) is 3.80. The van der Waals surface area contributed by atoms with E-state index in [1.165, 1.54) is 0 Å². The maximum atomic E-state index is 3.80. The van der Waals surface area contributed by atoms with Crippen molar-refractivity contribution in [1.29, 1.82) is 0 Å². The highest BCUT2D eigenvalue weighted by atomic mass is 15.4. The molecule has 0 saturated carbocycles. The van der Waals surface area contributed by atoms with E-state index in [1.54, 1.807) is 6.20 Å². The van der Waals surface area contributed by atoms with Crippen molar-refractivity contribution in [2.24, 2.45) is 0 Å². The average molecular weight is 153 g/mol. The van der Waals surface area contributed by atoms with Crippen molar-refractivity contribution in [3.05, 3.63) is 6.20 Å². The molecule has 1 heterocycles. The minimum atomic E-state index is 0.766. The lowest BCUT2D eigenvalue weighted by Crippen LogP contribution is -2.19. The standard InChI is InChI=1S/C6H11N5/c1-3-4-11(2)6-5-7-9-10-8-6/h5H,3-4H2,1-2H3. The van der Waals surface area contributed by atoms with Crippen LogP contribution in [0.15, 0.2) is 6.20 Å². The van der Waals surface area contributed by atoms with Crippen molar-refractivity contribution in [3.63, 3.8) is 0 Å². The van der Waals surface area contributed by atoms with E-state index >= 15 is 0 Å². The molecular formula is C6H11N5. The van der Waals surface area contributed by atoms with Crippen LogP contribution in [-0.4, -0.2) is 34.2 Å². The van der Waals surface area contributed by atoms with Crippen LogP contribution in [0.3, 0.4) is 0 Å². The molecule has 5 nitrogen and oxygen atoms in total. The molecule has 0 unspecified atom stereocenters. The van der Waals surface area contributed by atoms with Gasteiger partial charge in [-0.15, -0.1) is 10.2 Å². The molecule has 1 aromatic rings. The first-order valence-corrected chi connectivity index (χ1v) is 3.56. The van der Waals surface area contributed by atoms with E-state index in [2.05, 4.69) is 27.5 Å². The first-order chi connectivity index (χ1) is 5.34. The summed E-state index contributed by atoms with van der Waals surface area (Å²) in [7, 11) is 1.95. The summed E-state index contributed by atoms with van der Waals surface area (Å²) < 4.78 is 0. The topological polar surface area (TPSA) is 54.8 Å². The summed E-state index contributed by atoms with van der Waals surface area (Å²) >= 11 is 0. The zero-order chi connectivity index (χ0) is 8.10. The predicted molar refractivity (Wildman–Crippen MR) is 41.2 cm³/mol. The molecule has 11 heavy (non-hydrogen) atoms. The van der Waals surface area contributed by atoms with Gasteiger partial charge in [0, 0.05) is 13.6 Å². The zero-order valence-corrected chi connectivity index (χ0v) is 6.73. The fourth-order valence-corrected chi connectivity index (χ4v) is 0.817. The Morgan fingerprint density at radius 3 is 2.82 bits per heavy atom. The zero-order valence-electron chi connectivity index (χ0n) is 6.73. The van der Waals surface area contributed by atoms with Crippen molar-refractivity contribution in [2.45, 2.75) is 13.3 Å². The second-order valence-corrected chi connectivity index (χ2v) is 2.30. The van der Waals surface area contributed by atoms with Gasteiger partial charge in [0.2, 0.25) is 0 Å². The van der Waals surface area contributed by atoms with Crippen molar-refractivity contribution in [2.75, 3.05) is 18.5 Å². The van der Waals surface area contributed by atoms with Crippen LogP contribution >= 0.6 is 0 Å². The molecule has 0 aliphatic carbocycles. The largest absolute Gasteiger partial charge is 0.357 e. The Kier molecular flexibility index (Phi) is 2.71. The molecule has 0 atom stereocenters. The second-order valence-electron chi connectivity index (χ2n) is 2.30. The molecule has 0 bridgehead atoms. The third-order valence-electron chi connectivity index (χ3n) is 1.36. The number of hydrogen-bond acceptors (Lipinski definition) is 5. The fourth-order valence-electron chi connectivity index (χ4n) is 0.817. The first-order valence-electron chi connectivity index (χ1n) is 3.56. The molecule has 0 spiro atoms. The number of anilines is 1. The van der Waals surface area contributed by atoms with Gasteiger partial charge in [0.05, 0.1) is 6.20 Å². The van der Waals surface area contributed by atoms with Crippen LogP contribution in [-0.2, 0) is 0 Å². The van der Waals surface area contributed by atoms with Crippen LogP contribution in [0.2, 0.25) is 0 Å². The minimum Gasteiger partial charge on any atom is -0.357 e. The Labute approximate surface area is 65.4 Å². The predicted octanol–water partition coefficient (Wildman–Crippen LogP) is 0.113. The highest BCUT2D eigenvalue weighted by Gasteiger charge is 1.99. The van der Waals surface area contributed by atoms with Gasteiger partial charge in [-0.2, -0.15) is 0 Å². The number of nitrogens with zero attached hydrogens (tertiary/aromatic N) is 5. The summed E-state index contributed by atoms with van der Waals surface area (Å²) in [5.74, 6) is 0.766. The fraction of sp³-hybridized carbons (Fsp3) is 0.667. The molecule has 0 aromatic carbocycles. The van der Waals surface area contributed by atoms with Crippen LogP contribution in [0.1, 0.15) is 13.3 Å². The molecule has 1 aromatic heterocycles. The van der Waals surface area contributed by atoms with Gasteiger partial charge in [0.1, 0.15) is 0 Å². The molecule has 0 radical (unpaired) electrons. The maximum absolute atomic E-state index is 3.80. The average Bonchev–Trinajstić information content (AvgIpc) is 2.07. The Bertz CT molecular complexity index is 199. The highest BCUT2D eigenvalue weighted by Crippen LogP contribution is 2.02. The van der Waals surface area contributed by atoms with Gasteiger partial charge in [-0.1, -0.05) is 6.92 Å². The third kappa shape index (κ3) is 2.10. The third-order valence-corrected chi connectivity index (χ3v) is 1.36. The van der Waals surface area contributed by atoms with E-state index < -0.39 is 0 Å². The number of hydrogen-bond donors (Lipinski definition) is 0. The van der Waals surface area contributed by atoms with Crippen LogP contribution in [0.4, 0.5) is 5.82 Å². The van der Waals surface area contributed by atoms with E-state index in [0.717, 1.165) is 18.8 Å². The normalized spacial score (nSPS) is 9.64. The molecule has 0 amide bonds. The van der Waals surface area contributed by atoms with Gasteiger partial charge in [-0.25, -0.2) is 0 Å². The summed E-state index contributed by atoms with van der Waals surface area (Å²) in [6, 6.07) is 0. The van der Waals surface area contributed by atoms with Crippen LogP contribution in [0, 0.1) is 0 Å². The smallest absolute Gasteiger partial charge is 0.173 e. The lowest BCUT2D eigenvalue weighted by molar-refractivity contribution is 0.731. The van der Waals surface area contributed by atoms with Gasteiger partial charge >= 0.3 is 0 Å². The van der Waals surface area contributed by atoms with E-state index in [0.29, 0.717) is 0 Å².